The van der Waals surface area contributed by atoms with E-state index >= 15 is 0 Å². The third-order valence-corrected chi connectivity index (χ3v) is 2.89. The van der Waals surface area contributed by atoms with Gasteiger partial charge < -0.3 is 19.9 Å². The van der Waals surface area contributed by atoms with Crippen molar-refractivity contribution in [3.8, 4) is 0 Å². The Morgan fingerprint density at radius 1 is 1.50 bits per heavy atom. The standard InChI is InChI=1S/C14H22N4O2/c1-14(2,3)20-13(19)18-6-10(5-11(15)7-18)12-8-17(4)9-16-12/h5,8-9,11H,6-7,15H2,1-4H3. The van der Waals surface area contributed by atoms with Gasteiger partial charge in [-0.2, -0.15) is 0 Å². The molecule has 1 aliphatic heterocycles. The predicted octanol–water partition coefficient (Wildman–Crippen LogP) is 1.38. The number of rotatable bonds is 1. The number of carbonyl (C=O) groups excluding carboxylic acids is 1. The molecule has 0 aliphatic carbocycles. The minimum Gasteiger partial charge on any atom is -0.444 e. The first kappa shape index (κ1) is 14.6. The van der Waals surface area contributed by atoms with E-state index in [1.165, 1.54) is 0 Å². The summed E-state index contributed by atoms with van der Waals surface area (Å²) in [5.41, 5.74) is 7.29. The molecule has 6 nitrogen and oxygen atoms in total. The smallest absolute Gasteiger partial charge is 0.410 e. The summed E-state index contributed by atoms with van der Waals surface area (Å²) in [5.74, 6) is 0. The Morgan fingerprint density at radius 3 is 2.75 bits per heavy atom. The van der Waals surface area contributed by atoms with Crippen LogP contribution in [0, 0.1) is 0 Å². The van der Waals surface area contributed by atoms with Crippen LogP contribution in [0.5, 0.6) is 0 Å². The average molecular weight is 278 g/mol. The number of carbonyl (C=O) groups is 1. The summed E-state index contributed by atoms with van der Waals surface area (Å²) in [6.45, 7) is 6.49. The minimum atomic E-state index is -0.506. The van der Waals surface area contributed by atoms with Crippen molar-refractivity contribution >= 4 is 11.7 Å². The molecule has 0 saturated heterocycles. The molecule has 1 aliphatic rings. The number of nitrogens with two attached hydrogens (primary N) is 1. The van der Waals surface area contributed by atoms with Gasteiger partial charge in [0.1, 0.15) is 5.60 Å². The molecule has 0 bridgehead atoms. The molecule has 2 rings (SSSR count). The molecule has 1 aromatic rings. The lowest BCUT2D eigenvalue weighted by Crippen LogP contribution is -2.46. The van der Waals surface area contributed by atoms with Crippen LogP contribution in [0.3, 0.4) is 0 Å². The first-order chi connectivity index (χ1) is 9.24. The van der Waals surface area contributed by atoms with Crippen molar-refractivity contribution in [2.75, 3.05) is 13.1 Å². The summed E-state index contributed by atoms with van der Waals surface area (Å²) >= 11 is 0. The van der Waals surface area contributed by atoms with Crippen LogP contribution in [0.25, 0.3) is 5.57 Å². The first-order valence-corrected chi connectivity index (χ1v) is 6.67. The molecule has 1 amide bonds. The zero-order valence-electron chi connectivity index (χ0n) is 12.5. The maximum atomic E-state index is 12.1. The van der Waals surface area contributed by atoms with Crippen LogP contribution in [-0.4, -0.2) is 45.3 Å². The lowest BCUT2D eigenvalue weighted by molar-refractivity contribution is 0.0265. The molecule has 0 saturated carbocycles. The molecule has 1 aromatic heterocycles. The van der Waals surface area contributed by atoms with Crippen molar-refractivity contribution in [2.45, 2.75) is 32.4 Å². The zero-order valence-corrected chi connectivity index (χ0v) is 12.5. The number of hydrogen-bond donors (Lipinski definition) is 1. The summed E-state index contributed by atoms with van der Waals surface area (Å²) < 4.78 is 7.26. The molecule has 2 N–H and O–H groups in total. The topological polar surface area (TPSA) is 73.4 Å². The summed E-state index contributed by atoms with van der Waals surface area (Å²) in [5, 5.41) is 0. The molecule has 0 radical (unpaired) electrons. The number of amides is 1. The SMILES string of the molecule is Cn1cnc(C2=CC(N)CN(C(=O)OC(C)(C)C)C2)c1. The fraction of sp³-hybridized carbons (Fsp3) is 0.571. The molecule has 20 heavy (non-hydrogen) atoms. The molecule has 2 heterocycles. The lowest BCUT2D eigenvalue weighted by Gasteiger charge is -2.32. The number of aryl methyl sites for hydroxylation is 1. The Hall–Kier alpha value is -1.82. The average Bonchev–Trinajstić information content (AvgIpc) is 2.73. The van der Waals surface area contributed by atoms with Crippen molar-refractivity contribution < 1.29 is 9.53 Å². The van der Waals surface area contributed by atoms with Gasteiger partial charge in [-0.1, -0.05) is 6.08 Å². The summed E-state index contributed by atoms with van der Waals surface area (Å²) in [4.78, 5) is 18.1. The fourth-order valence-corrected chi connectivity index (χ4v) is 2.10. The van der Waals surface area contributed by atoms with Crippen LogP contribution in [0.2, 0.25) is 0 Å². The monoisotopic (exact) mass is 278 g/mol. The highest BCUT2D eigenvalue weighted by atomic mass is 16.6. The highest BCUT2D eigenvalue weighted by Gasteiger charge is 2.27. The van der Waals surface area contributed by atoms with Gasteiger partial charge in [0.15, 0.2) is 0 Å². The number of hydrogen-bond acceptors (Lipinski definition) is 4. The van der Waals surface area contributed by atoms with Crippen molar-refractivity contribution in [2.24, 2.45) is 12.8 Å². The largest absolute Gasteiger partial charge is 0.444 e. The van der Waals surface area contributed by atoms with E-state index in [2.05, 4.69) is 4.98 Å². The van der Waals surface area contributed by atoms with E-state index in [4.69, 9.17) is 10.5 Å². The second-order valence-corrected chi connectivity index (χ2v) is 6.14. The Kier molecular flexibility index (Phi) is 3.85. The Balaban J connectivity index is 2.12. The highest BCUT2D eigenvalue weighted by Crippen LogP contribution is 2.20. The molecule has 0 fully saturated rings. The number of ether oxygens (including phenoxy) is 1. The van der Waals surface area contributed by atoms with Crippen molar-refractivity contribution in [1.29, 1.82) is 0 Å². The van der Waals surface area contributed by atoms with Gasteiger partial charge in [-0.25, -0.2) is 9.78 Å². The van der Waals surface area contributed by atoms with Gasteiger partial charge in [-0.05, 0) is 26.3 Å². The van der Waals surface area contributed by atoms with Gasteiger partial charge in [0, 0.05) is 25.8 Å². The molecular formula is C14H22N4O2. The lowest BCUT2D eigenvalue weighted by atomic mass is 10.0. The summed E-state index contributed by atoms with van der Waals surface area (Å²) in [6.07, 6.45) is 5.27. The molecule has 6 heteroatoms. The molecule has 0 spiro atoms. The van der Waals surface area contributed by atoms with Crippen LogP contribution in [-0.2, 0) is 11.8 Å². The zero-order chi connectivity index (χ0) is 14.9. The highest BCUT2D eigenvalue weighted by molar-refractivity contribution is 5.74. The number of nitrogens with zero attached hydrogens (tertiary/aromatic N) is 3. The molecular weight excluding hydrogens is 256 g/mol. The normalized spacial score (nSPS) is 19.8. The van der Waals surface area contributed by atoms with E-state index in [1.807, 2.05) is 44.7 Å². The number of aromatic nitrogens is 2. The first-order valence-electron chi connectivity index (χ1n) is 6.67. The van der Waals surface area contributed by atoms with Crippen LogP contribution in [0.1, 0.15) is 26.5 Å². The summed E-state index contributed by atoms with van der Waals surface area (Å²) in [7, 11) is 1.91. The van der Waals surface area contributed by atoms with Crippen molar-refractivity contribution in [1.82, 2.24) is 14.5 Å². The van der Waals surface area contributed by atoms with Gasteiger partial charge in [0.2, 0.25) is 0 Å². The van der Waals surface area contributed by atoms with Crippen LogP contribution >= 0.6 is 0 Å². The quantitative estimate of drug-likeness (QED) is 0.842. The third-order valence-electron chi connectivity index (χ3n) is 2.89. The van der Waals surface area contributed by atoms with E-state index in [-0.39, 0.29) is 12.1 Å². The Labute approximate surface area is 119 Å². The van der Waals surface area contributed by atoms with Crippen LogP contribution in [0.15, 0.2) is 18.6 Å². The molecule has 1 atom stereocenters. The molecule has 1 unspecified atom stereocenters. The number of imidazole rings is 1. The second kappa shape index (κ2) is 5.28. The van der Waals surface area contributed by atoms with Crippen molar-refractivity contribution in [3.63, 3.8) is 0 Å². The van der Waals surface area contributed by atoms with E-state index in [0.29, 0.717) is 13.1 Å². The maximum Gasteiger partial charge on any atom is 0.410 e. The predicted molar refractivity (Wildman–Crippen MR) is 77.0 cm³/mol. The Bertz CT molecular complexity index is 528. The van der Waals surface area contributed by atoms with E-state index in [1.54, 1.807) is 11.2 Å². The van der Waals surface area contributed by atoms with Crippen LogP contribution < -0.4 is 5.73 Å². The van der Waals surface area contributed by atoms with Gasteiger partial charge in [0.05, 0.1) is 18.6 Å². The van der Waals surface area contributed by atoms with E-state index in [9.17, 15) is 4.79 Å². The van der Waals surface area contributed by atoms with Crippen LogP contribution in [0.4, 0.5) is 4.79 Å². The van der Waals surface area contributed by atoms with Gasteiger partial charge in [-0.15, -0.1) is 0 Å². The van der Waals surface area contributed by atoms with E-state index < -0.39 is 5.60 Å². The van der Waals surface area contributed by atoms with E-state index in [0.717, 1.165) is 11.3 Å². The molecule has 0 aromatic carbocycles. The summed E-state index contributed by atoms with van der Waals surface area (Å²) in [6, 6.07) is -0.201. The van der Waals surface area contributed by atoms with Crippen molar-refractivity contribution in [3.05, 3.63) is 24.3 Å². The second-order valence-electron chi connectivity index (χ2n) is 6.14. The third kappa shape index (κ3) is 3.60. The van der Waals surface area contributed by atoms with Gasteiger partial charge in [-0.3, -0.25) is 0 Å². The minimum absolute atomic E-state index is 0.201. The molecule has 110 valence electrons. The maximum absolute atomic E-state index is 12.1. The van der Waals surface area contributed by atoms with Gasteiger partial charge in [0.25, 0.3) is 0 Å². The van der Waals surface area contributed by atoms with Gasteiger partial charge >= 0.3 is 6.09 Å². The fourth-order valence-electron chi connectivity index (χ4n) is 2.10. The Morgan fingerprint density at radius 2 is 2.20 bits per heavy atom.